The molecule has 0 spiro atoms. The van der Waals surface area contributed by atoms with Crippen LogP contribution in [-0.4, -0.2) is 42.7 Å². The van der Waals surface area contributed by atoms with E-state index in [1.54, 1.807) is 0 Å². The maximum atomic E-state index is 8.51. The first kappa shape index (κ1) is 10.9. The lowest BCUT2D eigenvalue weighted by Crippen LogP contribution is -2.13. The molecule has 0 aromatic carbocycles. The number of hydrogen-bond acceptors (Lipinski definition) is 3. The first-order valence-corrected chi connectivity index (χ1v) is 4.14. The summed E-state index contributed by atoms with van der Waals surface area (Å²) >= 11 is 0. The molecule has 0 aromatic heterocycles. The Kier molecular flexibility index (Phi) is 6.61. The SMILES string of the molecule is CN(C)CCCCCB(O)O. The van der Waals surface area contributed by atoms with Gasteiger partial charge in [0.2, 0.25) is 0 Å². The molecule has 66 valence electrons. The molecule has 0 saturated carbocycles. The minimum Gasteiger partial charge on any atom is -0.427 e. The molecule has 0 aliphatic heterocycles. The van der Waals surface area contributed by atoms with E-state index in [1.165, 1.54) is 0 Å². The fourth-order valence-corrected chi connectivity index (χ4v) is 0.932. The van der Waals surface area contributed by atoms with Crippen LogP contribution in [0.1, 0.15) is 19.3 Å². The lowest BCUT2D eigenvalue weighted by atomic mass is 9.83. The molecule has 0 fully saturated rings. The molecule has 0 saturated heterocycles. The molecule has 0 aliphatic rings. The monoisotopic (exact) mass is 159 g/mol. The van der Waals surface area contributed by atoms with Crippen molar-refractivity contribution in [1.29, 1.82) is 0 Å². The number of unbranched alkanes of at least 4 members (excludes halogenated alkanes) is 2. The highest BCUT2D eigenvalue weighted by Gasteiger charge is 2.04. The van der Waals surface area contributed by atoms with Crippen molar-refractivity contribution in [1.82, 2.24) is 4.90 Å². The summed E-state index contributed by atoms with van der Waals surface area (Å²) in [5.41, 5.74) is 0. The van der Waals surface area contributed by atoms with Gasteiger partial charge in [-0.15, -0.1) is 0 Å². The Morgan fingerprint density at radius 2 is 1.73 bits per heavy atom. The van der Waals surface area contributed by atoms with Gasteiger partial charge in [0.15, 0.2) is 0 Å². The highest BCUT2D eigenvalue weighted by molar-refractivity contribution is 6.40. The molecule has 0 aliphatic carbocycles. The largest absolute Gasteiger partial charge is 0.451 e. The summed E-state index contributed by atoms with van der Waals surface area (Å²) in [5.74, 6) is 0. The maximum absolute atomic E-state index is 8.51. The van der Waals surface area contributed by atoms with Gasteiger partial charge >= 0.3 is 7.12 Å². The molecule has 0 radical (unpaired) electrons. The summed E-state index contributed by atoms with van der Waals surface area (Å²) in [5, 5.41) is 17.0. The standard InChI is InChI=1S/C7H18BNO2/c1-9(2)7-5-3-4-6-8(10)11/h10-11H,3-7H2,1-2H3. The van der Waals surface area contributed by atoms with Gasteiger partial charge in [0.1, 0.15) is 0 Å². The highest BCUT2D eigenvalue weighted by atomic mass is 16.4. The molecule has 4 heteroatoms. The van der Waals surface area contributed by atoms with Crippen LogP contribution < -0.4 is 0 Å². The van der Waals surface area contributed by atoms with Crippen molar-refractivity contribution in [3.63, 3.8) is 0 Å². The Hall–Kier alpha value is -0.0551. The molecule has 0 unspecified atom stereocenters. The van der Waals surface area contributed by atoms with Crippen molar-refractivity contribution in [3.05, 3.63) is 0 Å². The zero-order chi connectivity index (χ0) is 8.69. The first-order chi connectivity index (χ1) is 5.13. The van der Waals surface area contributed by atoms with Crippen molar-refractivity contribution in [3.8, 4) is 0 Å². The molecule has 0 aromatic rings. The fourth-order valence-electron chi connectivity index (χ4n) is 0.932. The third-order valence-electron chi connectivity index (χ3n) is 1.57. The quantitative estimate of drug-likeness (QED) is 0.429. The minimum atomic E-state index is -1.12. The van der Waals surface area contributed by atoms with Gasteiger partial charge in [0, 0.05) is 0 Å². The number of nitrogens with zero attached hydrogens (tertiary/aromatic N) is 1. The van der Waals surface area contributed by atoms with Crippen molar-refractivity contribution in [2.75, 3.05) is 20.6 Å². The third kappa shape index (κ3) is 9.94. The normalized spacial score (nSPS) is 10.6. The van der Waals surface area contributed by atoms with Crippen LogP contribution in [0.25, 0.3) is 0 Å². The van der Waals surface area contributed by atoms with Gasteiger partial charge in [-0.05, 0) is 33.4 Å². The molecular weight excluding hydrogens is 141 g/mol. The number of hydrogen-bond donors (Lipinski definition) is 2. The van der Waals surface area contributed by atoms with E-state index in [2.05, 4.69) is 4.90 Å². The molecule has 3 nitrogen and oxygen atoms in total. The molecule has 0 rings (SSSR count). The van der Waals surface area contributed by atoms with Crippen LogP contribution in [0.2, 0.25) is 6.32 Å². The molecule has 0 heterocycles. The van der Waals surface area contributed by atoms with E-state index in [9.17, 15) is 0 Å². The lowest BCUT2D eigenvalue weighted by molar-refractivity contribution is 0.384. The Morgan fingerprint density at radius 3 is 2.18 bits per heavy atom. The summed E-state index contributed by atoms with van der Waals surface area (Å²) in [6.45, 7) is 1.08. The van der Waals surface area contributed by atoms with Gasteiger partial charge in [0.25, 0.3) is 0 Å². The summed E-state index contributed by atoms with van der Waals surface area (Å²) in [4.78, 5) is 2.13. The average Bonchev–Trinajstić information content (AvgIpc) is 1.85. The zero-order valence-corrected chi connectivity index (χ0v) is 7.45. The predicted molar refractivity (Wildman–Crippen MR) is 47.4 cm³/mol. The molecular formula is C7H18BNO2. The van der Waals surface area contributed by atoms with Gasteiger partial charge in [-0.3, -0.25) is 0 Å². The van der Waals surface area contributed by atoms with Gasteiger partial charge in [-0.25, -0.2) is 0 Å². The fraction of sp³-hybridized carbons (Fsp3) is 1.00. The maximum Gasteiger partial charge on any atom is 0.451 e. The number of rotatable bonds is 6. The van der Waals surface area contributed by atoms with Crippen LogP contribution in [0.15, 0.2) is 0 Å². The van der Waals surface area contributed by atoms with Crippen molar-refractivity contribution >= 4 is 7.12 Å². The van der Waals surface area contributed by atoms with E-state index < -0.39 is 7.12 Å². The van der Waals surface area contributed by atoms with E-state index in [4.69, 9.17) is 10.0 Å². The van der Waals surface area contributed by atoms with E-state index >= 15 is 0 Å². The molecule has 0 atom stereocenters. The predicted octanol–water partition coefficient (Wildman–Crippen LogP) is 0.191. The summed E-state index contributed by atoms with van der Waals surface area (Å²) in [7, 11) is 2.97. The first-order valence-electron chi connectivity index (χ1n) is 4.14. The van der Waals surface area contributed by atoms with Crippen LogP contribution in [0, 0.1) is 0 Å². The molecule has 0 bridgehead atoms. The van der Waals surface area contributed by atoms with E-state index in [1.807, 2.05) is 14.1 Å². The van der Waals surface area contributed by atoms with E-state index in [0.717, 1.165) is 25.8 Å². The second-order valence-corrected chi connectivity index (χ2v) is 3.13. The Labute approximate surface area is 69.2 Å². The minimum absolute atomic E-state index is 0.507. The van der Waals surface area contributed by atoms with Crippen LogP contribution in [0.5, 0.6) is 0 Å². The van der Waals surface area contributed by atoms with Crippen molar-refractivity contribution < 1.29 is 10.0 Å². The van der Waals surface area contributed by atoms with Crippen molar-refractivity contribution in [2.24, 2.45) is 0 Å². The zero-order valence-electron chi connectivity index (χ0n) is 7.45. The Balaban J connectivity index is 2.91. The van der Waals surface area contributed by atoms with Crippen LogP contribution >= 0.6 is 0 Å². The lowest BCUT2D eigenvalue weighted by Gasteiger charge is -2.08. The summed E-state index contributed by atoms with van der Waals surface area (Å²) in [6.07, 6.45) is 3.63. The topological polar surface area (TPSA) is 43.7 Å². The average molecular weight is 159 g/mol. The third-order valence-corrected chi connectivity index (χ3v) is 1.57. The molecule has 11 heavy (non-hydrogen) atoms. The highest BCUT2D eigenvalue weighted by Crippen LogP contribution is 2.01. The second kappa shape index (κ2) is 6.64. The second-order valence-electron chi connectivity index (χ2n) is 3.13. The van der Waals surface area contributed by atoms with E-state index in [-0.39, 0.29) is 0 Å². The van der Waals surface area contributed by atoms with Gasteiger partial charge in [-0.2, -0.15) is 0 Å². The molecule has 2 N–H and O–H groups in total. The van der Waals surface area contributed by atoms with Crippen LogP contribution in [0.4, 0.5) is 0 Å². The van der Waals surface area contributed by atoms with Crippen LogP contribution in [0.3, 0.4) is 0 Å². The van der Waals surface area contributed by atoms with Gasteiger partial charge < -0.3 is 14.9 Å². The van der Waals surface area contributed by atoms with Crippen molar-refractivity contribution in [2.45, 2.75) is 25.6 Å². The summed E-state index contributed by atoms with van der Waals surface area (Å²) < 4.78 is 0. The van der Waals surface area contributed by atoms with Crippen LogP contribution in [-0.2, 0) is 0 Å². The Bertz CT molecular complexity index is 78.5. The van der Waals surface area contributed by atoms with E-state index in [0.29, 0.717) is 6.32 Å². The Morgan fingerprint density at radius 1 is 1.09 bits per heavy atom. The summed E-state index contributed by atoms with van der Waals surface area (Å²) in [6, 6.07) is 0. The smallest absolute Gasteiger partial charge is 0.427 e. The van der Waals surface area contributed by atoms with Gasteiger partial charge in [0.05, 0.1) is 0 Å². The molecule has 0 amide bonds. The van der Waals surface area contributed by atoms with Gasteiger partial charge in [-0.1, -0.05) is 12.8 Å².